The van der Waals surface area contributed by atoms with Crippen molar-refractivity contribution in [1.82, 2.24) is 19.5 Å². The molecule has 3 heterocycles. The molecule has 0 spiro atoms. The summed E-state index contributed by atoms with van der Waals surface area (Å²) in [7, 11) is 0. The summed E-state index contributed by atoms with van der Waals surface area (Å²) in [5.41, 5.74) is 1.11. The molecule has 2 aromatic heterocycles. The molecule has 0 bridgehead atoms. The molecular formula is C26H23N5O6. The molecule has 5 rings (SSSR count). The number of amides is 2. The van der Waals surface area contributed by atoms with Crippen molar-refractivity contribution in [3.05, 3.63) is 84.4 Å². The van der Waals surface area contributed by atoms with Crippen LogP contribution in [0.1, 0.15) is 40.3 Å². The Morgan fingerprint density at radius 1 is 1.00 bits per heavy atom. The molecule has 0 saturated carbocycles. The fourth-order valence-corrected chi connectivity index (χ4v) is 4.29. The lowest BCUT2D eigenvalue weighted by Crippen LogP contribution is -2.38. The zero-order chi connectivity index (χ0) is 25.9. The van der Waals surface area contributed by atoms with E-state index in [1.54, 1.807) is 65.2 Å². The zero-order valence-electron chi connectivity index (χ0n) is 19.8. The third-order valence-corrected chi connectivity index (χ3v) is 5.99. The summed E-state index contributed by atoms with van der Waals surface area (Å²) in [5, 5.41) is 9.68. The number of hydrogen-bond donors (Lipinski definition) is 1. The number of carbonyl (C=O) groups excluding carboxylic acids is 3. The van der Waals surface area contributed by atoms with E-state index in [-0.39, 0.29) is 24.4 Å². The molecule has 1 saturated heterocycles. The van der Waals surface area contributed by atoms with Crippen LogP contribution in [0.2, 0.25) is 0 Å². The van der Waals surface area contributed by atoms with Crippen LogP contribution in [0.15, 0.2) is 73.3 Å². The number of aliphatic hydroxyl groups excluding tert-OH is 1. The lowest BCUT2D eigenvalue weighted by Gasteiger charge is -2.20. The molecule has 4 aromatic rings. The van der Waals surface area contributed by atoms with Crippen molar-refractivity contribution in [3.63, 3.8) is 0 Å². The Hall–Kier alpha value is -4.48. The summed E-state index contributed by atoms with van der Waals surface area (Å²) >= 11 is 0. The van der Waals surface area contributed by atoms with E-state index in [1.807, 2.05) is 0 Å². The van der Waals surface area contributed by atoms with Gasteiger partial charge in [0, 0.05) is 24.5 Å². The average molecular weight is 501 g/mol. The van der Waals surface area contributed by atoms with Gasteiger partial charge in [-0.3, -0.25) is 19.0 Å². The van der Waals surface area contributed by atoms with Gasteiger partial charge in [0.1, 0.15) is 24.8 Å². The number of aliphatic hydroxyl groups is 1. The van der Waals surface area contributed by atoms with Crippen molar-refractivity contribution in [2.45, 2.75) is 31.8 Å². The monoisotopic (exact) mass is 501 g/mol. The normalized spacial score (nSPS) is 19.0. The number of aromatic nitrogens is 4. The minimum absolute atomic E-state index is 0.0136. The van der Waals surface area contributed by atoms with E-state index in [2.05, 4.69) is 15.0 Å². The molecule has 1 aliphatic heterocycles. The molecule has 188 valence electrons. The molecule has 0 radical (unpaired) electrons. The lowest BCUT2D eigenvalue weighted by atomic mass is 10.1. The maximum absolute atomic E-state index is 13.6. The highest BCUT2D eigenvalue weighted by Gasteiger charge is 2.39. The molecule has 0 unspecified atom stereocenters. The van der Waals surface area contributed by atoms with Gasteiger partial charge < -0.3 is 14.6 Å². The first-order valence-corrected chi connectivity index (χ1v) is 11.6. The van der Waals surface area contributed by atoms with E-state index in [1.165, 1.54) is 19.6 Å². The van der Waals surface area contributed by atoms with Crippen molar-refractivity contribution in [2.24, 2.45) is 0 Å². The first-order chi connectivity index (χ1) is 18.0. The predicted molar refractivity (Wildman–Crippen MR) is 131 cm³/mol. The number of imide groups is 1. The van der Waals surface area contributed by atoms with Gasteiger partial charge in [0.25, 0.3) is 11.8 Å². The molecule has 1 fully saturated rings. The smallest absolute Gasteiger partial charge is 0.302 e. The summed E-state index contributed by atoms with van der Waals surface area (Å²) in [6.07, 6.45) is 0.922. The first-order valence-electron chi connectivity index (χ1n) is 11.6. The molecule has 37 heavy (non-hydrogen) atoms. The van der Waals surface area contributed by atoms with E-state index in [0.29, 0.717) is 16.8 Å². The summed E-state index contributed by atoms with van der Waals surface area (Å²) in [4.78, 5) is 52.7. The van der Waals surface area contributed by atoms with Gasteiger partial charge in [-0.1, -0.05) is 36.4 Å². The fourth-order valence-electron chi connectivity index (χ4n) is 4.29. The molecule has 11 nitrogen and oxygen atoms in total. The highest BCUT2D eigenvalue weighted by atomic mass is 16.6. The van der Waals surface area contributed by atoms with Crippen LogP contribution in [-0.4, -0.2) is 61.2 Å². The predicted octanol–water partition coefficient (Wildman–Crippen LogP) is 2.53. The Kier molecular flexibility index (Phi) is 6.71. The average Bonchev–Trinajstić information content (AvgIpc) is 3.53. The summed E-state index contributed by atoms with van der Waals surface area (Å²) in [5.74, 6) is -1.62. The number of benzene rings is 2. The minimum atomic E-state index is -0.719. The van der Waals surface area contributed by atoms with E-state index >= 15 is 0 Å². The SMILES string of the molecule is CC(=O)O[C@H]1C[C@H](n2cnc3c(N(C(=O)c4ccccc4)C(=O)c4ccccc4)ncnc32)O[C@@H]1CO. The lowest BCUT2D eigenvalue weighted by molar-refractivity contribution is -0.150. The van der Waals surface area contributed by atoms with Gasteiger partial charge in [0.15, 0.2) is 17.0 Å². The third-order valence-electron chi connectivity index (χ3n) is 5.99. The molecule has 2 aromatic carbocycles. The number of fused-ring (bicyclic) bond motifs is 1. The fraction of sp³-hybridized carbons (Fsp3) is 0.231. The van der Waals surface area contributed by atoms with Crippen molar-refractivity contribution in [3.8, 4) is 0 Å². The molecular weight excluding hydrogens is 478 g/mol. The highest BCUT2D eigenvalue weighted by molar-refractivity contribution is 6.27. The molecule has 3 atom stereocenters. The molecule has 0 aliphatic carbocycles. The van der Waals surface area contributed by atoms with Crippen molar-refractivity contribution in [2.75, 3.05) is 11.5 Å². The largest absolute Gasteiger partial charge is 0.460 e. The molecule has 2 amide bonds. The number of imidazole rings is 1. The summed E-state index contributed by atoms with van der Waals surface area (Å²) < 4.78 is 12.8. The maximum atomic E-state index is 13.6. The molecule has 1 N–H and O–H groups in total. The molecule has 1 aliphatic rings. The Bertz CT molecular complexity index is 1390. The van der Waals surface area contributed by atoms with Gasteiger partial charge in [-0.05, 0) is 24.3 Å². The van der Waals surface area contributed by atoms with Gasteiger partial charge in [0.2, 0.25) is 0 Å². The highest BCUT2D eigenvalue weighted by Crippen LogP contribution is 2.34. The van der Waals surface area contributed by atoms with Gasteiger partial charge in [-0.2, -0.15) is 0 Å². The van der Waals surface area contributed by atoms with Crippen LogP contribution in [0.4, 0.5) is 5.82 Å². The number of anilines is 1. The van der Waals surface area contributed by atoms with Crippen LogP contribution in [-0.2, 0) is 14.3 Å². The Morgan fingerprint density at radius 3 is 2.19 bits per heavy atom. The van der Waals surface area contributed by atoms with Crippen molar-refractivity contribution >= 4 is 34.8 Å². The van der Waals surface area contributed by atoms with Crippen LogP contribution in [0.25, 0.3) is 11.2 Å². The van der Waals surface area contributed by atoms with Gasteiger partial charge in [0.05, 0.1) is 12.9 Å². The molecule has 11 heteroatoms. The van der Waals surface area contributed by atoms with Crippen molar-refractivity contribution < 1.29 is 29.0 Å². The van der Waals surface area contributed by atoms with E-state index < -0.39 is 36.2 Å². The van der Waals surface area contributed by atoms with Crippen LogP contribution >= 0.6 is 0 Å². The quantitative estimate of drug-likeness (QED) is 0.312. The standard InChI is InChI=1S/C26H23N5O6/c1-16(33)36-19-12-21(37-20(19)13-32)30-15-29-22-23(30)27-14-28-24(22)31(25(34)17-8-4-2-5-9-17)26(35)18-10-6-3-7-11-18/h2-11,14-15,19-21,32H,12-13H2,1H3/t19-,20+,21+/m0/s1. The van der Waals surface area contributed by atoms with Crippen LogP contribution in [0.3, 0.4) is 0 Å². The number of carbonyl (C=O) groups is 3. The summed E-state index contributed by atoms with van der Waals surface area (Å²) in [6.45, 7) is 0.947. The Labute approximate surface area is 211 Å². The topological polar surface area (TPSA) is 137 Å². The second kappa shape index (κ2) is 10.2. The van der Waals surface area contributed by atoms with Gasteiger partial charge >= 0.3 is 5.97 Å². The Balaban J connectivity index is 1.57. The van der Waals surface area contributed by atoms with Gasteiger partial charge in [-0.15, -0.1) is 0 Å². The number of rotatable bonds is 6. The number of hydrogen-bond acceptors (Lipinski definition) is 9. The number of esters is 1. The third kappa shape index (κ3) is 4.69. The second-order valence-electron chi connectivity index (χ2n) is 8.39. The maximum Gasteiger partial charge on any atom is 0.302 e. The Morgan fingerprint density at radius 2 is 1.62 bits per heavy atom. The van der Waals surface area contributed by atoms with E-state index in [9.17, 15) is 19.5 Å². The van der Waals surface area contributed by atoms with Crippen molar-refractivity contribution in [1.29, 1.82) is 0 Å². The zero-order valence-corrected chi connectivity index (χ0v) is 19.8. The van der Waals surface area contributed by atoms with E-state index in [0.717, 1.165) is 4.90 Å². The van der Waals surface area contributed by atoms with Gasteiger partial charge in [-0.25, -0.2) is 19.9 Å². The number of ether oxygens (including phenoxy) is 2. The second-order valence-corrected chi connectivity index (χ2v) is 8.39. The minimum Gasteiger partial charge on any atom is -0.460 e. The van der Waals surface area contributed by atoms with Crippen LogP contribution in [0, 0.1) is 0 Å². The van der Waals surface area contributed by atoms with Crippen LogP contribution in [0.5, 0.6) is 0 Å². The summed E-state index contributed by atoms with van der Waals surface area (Å²) in [6, 6.07) is 16.8. The van der Waals surface area contributed by atoms with E-state index in [4.69, 9.17) is 9.47 Å². The first kappa shape index (κ1) is 24.2. The van der Waals surface area contributed by atoms with Crippen LogP contribution < -0.4 is 4.90 Å². The number of nitrogens with zero attached hydrogens (tertiary/aromatic N) is 5.